The van der Waals surface area contributed by atoms with E-state index in [0.29, 0.717) is 13.0 Å². The number of thiazole rings is 1. The van der Waals surface area contributed by atoms with Crippen molar-refractivity contribution >= 4 is 17.2 Å². The third kappa shape index (κ3) is 3.28. The van der Waals surface area contributed by atoms with Crippen molar-refractivity contribution in [1.29, 1.82) is 0 Å². The summed E-state index contributed by atoms with van der Waals surface area (Å²) in [5.74, 6) is -0.0249. The average molecular weight is 227 g/mol. The molecule has 0 aliphatic carbocycles. The number of carbonyl (C=O) groups excluding carboxylic acids is 1. The van der Waals surface area contributed by atoms with Crippen LogP contribution >= 0.6 is 11.3 Å². The first-order valence-corrected chi connectivity index (χ1v) is 5.84. The predicted octanol–water partition coefficient (Wildman–Crippen LogP) is 1.15. The monoisotopic (exact) mass is 227 g/mol. The molecule has 0 unspecified atom stereocenters. The molecular weight excluding hydrogens is 210 g/mol. The molecule has 1 rings (SSSR count). The first-order valence-electron chi connectivity index (χ1n) is 4.96. The summed E-state index contributed by atoms with van der Waals surface area (Å²) in [4.78, 5) is 17.6. The van der Waals surface area contributed by atoms with E-state index in [1.165, 1.54) is 0 Å². The molecule has 1 heterocycles. The number of likely N-dealkylation sites (N-methyl/N-ethyl adjacent to an activating group) is 1. The van der Waals surface area contributed by atoms with Crippen LogP contribution in [0.5, 0.6) is 0 Å². The van der Waals surface area contributed by atoms with Gasteiger partial charge in [0, 0.05) is 12.4 Å². The number of aromatic nitrogens is 1. The molecule has 4 nitrogen and oxygen atoms in total. The van der Waals surface area contributed by atoms with Crippen LogP contribution in [-0.4, -0.2) is 28.9 Å². The van der Waals surface area contributed by atoms with E-state index in [-0.39, 0.29) is 5.91 Å². The lowest BCUT2D eigenvalue weighted by Crippen LogP contribution is -2.40. The lowest BCUT2D eigenvalue weighted by Gasteiger charge is -2.19. The van der Waals surface area contributed by atoms with Gasteiger partial charge in [0.1, 0.15) is 0 Å². The van der Waals surface area contributed by atoms with Crippen LogP contribution in [-0.2, 0) is 11.3 Å². The van der Waals surface area contributed by atoms with Crippen molar-refractivity contribution in [1.82, 2.24) is 9.88 Å². The molecule has 0 bridgehead atoms. The Bertz CT molecular complexity index is 337. The minimum absolute atomic E-state index is 0.0249. The first kappa shape index (κ1) is 12.1. The first-order chi connectivity index (χ1) is 7.04. The summed E-state index contributed by atoms with van der Waals surface area (Å²) in [6.45, 7) is 4.40. The number of nitrogens with two attached hydrogens (primary N) is 1. The second-order valence-corrected chi connectivity index (χ2v) is 4.63. The number of amides is 1. The Morgan fingerprint density at radius 3 is 2.87 bits per heavy atom. The van der Waals surface area contributed by atoms with E-state index in [0.717, 1.165) is 10.7 Å². The SMILES string of the molecule is CC[C@@H](N)C(=O)N(C)Cc1csc(C)n1. The third-order valence-electron chi connectivity index (χ3n) is 2.20. The molecule has 15 heavy (non-hydrogen) atoms. The summed E-state index contributed by atoms with van der Waals surface area (Å²) >= 11 is 1.59. The van der Waals surface area contributed by atoms with Crippen LogP contribution < -0.4 is 5.73 Å². The van der Waals surface area contributed by atoms with Gasteiger partial charge in [0.2, 0.25) is 5.91 Å². The highest BCUT2D eigenvalue weighted by Gasteiger charge is 2.16. The fourth-order valence-electron chi connectivity index (χ4n) is 1.26. The maximum absolute atomic E-state index is 11.7. The highest BCUT2D eigenvalue weighted by Crippen LogP contribution is 2.10. The number of hydrogen-bond acceptors (Lipinski definition) is 4. The van der Waals surface area contributed by atoms with E-state index >= 15 is 0 Å². The van der Waals surface area contributed by atoms with Gasteiger partial charge >= 0.3 is 0 Å². The molecule has 0 spiro atoms. The smallest absolute Gasteiger partial charge is 0.239 e. The Morgan fingerprint density at radius 2 is 2.40 bits per heavy atom. The van der Waals surface area contributed by atoms with E-state index in [2.05, 4.69) is 4.98 Å². The van der Waals surface area contributed by atoms with Crippen LogP contribution in [0.1, 0.15) is 24.0 Å². The third-order valence-corrected chi connectivity index (χ3v) is 3.02. The van der Waals surface area contributed by atoms with Crippen molar-refractivity contribution in [2.45, 2.75) is 32.9 Å². The number of rotatable bonds is 4. The highest BCUT2D eigenvalue weighted by atomic mass is 32.1. The molecule has 5 heteroatoms. The molecule has 0 radical (unpaired) electrons. The van der Waals surface area contributed by atoms with E-state index in [4.69, 9.17) is 5.73 Å². The van der Waals surface area contributed by atoms with E-state index in [9.17, 15) is 4.79 Å². The average Bonchev–Trinajstić information content (AvgIpc) is 2.61. The van der Waals surface area contributed by atoms with Crippen LogP contribution in [0.4, 0.5) is 0 Å². The molecule has 2 N–H and O–H groups in total. The zero-order valence-corrected chi connectivity index (χ0v) is 10.2. The maximum Gasteiger partial charge on any atom is 0.239 e. The Labute approximate surface area is 94.1 Å². The van der Waals surface area contributed by atoms with Gasteiger partial charge in [-0.3, -0.25) is 4.79 Å². The van der Waals surface area contributed by atoms with Crippen LogP contribution in [0.3, 0.4) is 0 Å². The van der Waals surface area contributed by atoms with E-state index in [1.54, 1.807) is 23.3 Å². The molecule has 84 valence electrons. The molecule has 0 aliphatic rings. The quantitative estimate of drug-likeness (QED) is 0.839. The van der Waals surface area contributed by atoms with Crippen molar-refractivity contribution in [3.05, 3.63) is 16.1 Å². The molecule has 1 amide bonds. The lowest BCUT2D eigenvalue weighted by molar-refractivity contribution is -0.131. The van der Waals surface area contributed by atoms with Crippen LogP contribution in [0.15, 0.2) is 5.38 Å². The van der Waals surface area contributed by atoms with Gasteiger partial charge in [0.05, 0.1) is 23.3 Å². The Morgan fingerprint density at radius 1 is 1.73 bits per heavy atom. The summed E-state index contributed by atoms with van der Waals surface area (Å²) in [5.41, 5.74) is 6.59. The van der Waals surface area contributed by atoms with Crippen LogP contribution in [0.2, 0.25) is 0 Å². The summed E-state index contributed by atoms with van der Waals surface area (Å²) in [5, 5.41) is 2.99. The van der Waals surface area contributed by atoms with Gasteiger partial charge in [0.15, 0.2) is 0 Å². The van der Waals surface area contributed by atoms with Gasteiger partial charge in [-0.2, -0.15) is 0 Å². The van der Waals surface area contributed by atoms with E-state index in [1.807, 2.05) is 19.2 Å². The standard InChI is InChI=1S/C10H17N3OS/c1-4-9(11)10(14)13(3)5-8-6-15-7(2)12-8/h6,9H,4-5,11H2,1-3H3/t9-/m1/s1. The Kier molecular flexibility index (Phi) is 4.23. The zero-order valence-electron chi connectivity index (χ0n) is 9.36. The second-order valence-electron chi connectivity index (χ2n) is 3.57. The summed E-state index contributed by atoms with van der Waals surface area (Å²) in [6, 6.07) is -0.394. The molecule has 0 saturated carbocycles. The molecule has 0 saturated heterocycles. The van der Waals surface area contributed by atoms with Gasteiger partial charge in [-0.25, -0.2) is 4.98 Å². The fourth-order valence-corrected chi connectivity index (χ4v) is 1.86. The zero-order chi connectivity index (χ0) is 11.4. The molecular formula is C10H17N3OS. The van der Waals surface area contributed by atoms with Crippen molar-refractivity contribution in [3.63, 3.8) is 0 Å². The number of carbonyl (C=O) groups is 1. The largest absolute Gasteiger partial charge is 0.338 e. The molecule has 0 fully saturated rings. The van der Waals surface area contributed by atoms with Crippen molar-refractivity contribution in [3.8, 4) is 0 Å². The molecule has 1 atom stereocenters. The molecule has 0 aliphatic heterocycles. The van der Waals surface area contributed by atoms with Crippen molar-refractivity contribution in [2.24, 2.45) is 5.73 Å². The highest BCUT2D eigenvalue weighted by molar-refractivity contribution is 7.09. The molecule has 1 aromatic heterocycles. The summed E-state index contributed by atoms with van der Waals surface area (Å²) in [6.07, 6.45) is 0.666. The minimum atomic E-state index is -0.394. The predicted molar refractivity (Wildman–Crippen MR) is 61.6 cm³/mol. The fraction of sp³-hybridized carbons (Fsp3) is 0.600. The Balaban J connectivity index is 2.55. The summed E-state index contributed by atoms with van der Waals surface area (Å²) < 4.78 is 0. The lowest BCUT2D eigenvalue weighted by atomic mass is 10.2. The van der Waals surface area contributed by atoms with Gasteiger partial charge in [-0.05, 0) is 13.3 Å². The molecule has 0 aromatic carbocycles. The minimum Gasteiger partial charge on any atom is -0.338 e. The van der Waals surface area contributed by atoms with Crippen LogP contribution in [0, 0.1) is 6.92 Å². The topological polar surface area (TPSA) is 59.2 Å². The van der Waals surface area contributed by atoms with Gasteiger partial charge in [-0.15, -0.1) is 11.3 Å². The second kappa shape index (κ2) is 5.23. The Hall–Kier alpha value is -0.940. The van der Waals surface area contributed by atoms with Crippen molar-refractivity contribution < 1.29 is 4.79 Å². The van der Waals surface area contributed by atoms with Crippen molar-refractivity contribution in [2.75, 3.05) is 7.05 Å². The van der Waals surface area contributed by atoms with Gasteiger partial charge in [0.25, 0.3) is 0 Å². The van der Waals surface area contributed by atoms with Crippen LogP contribution in [0.25, 0.3) is 0 Å². The number of aryl methyl sites for hydroxylation is 1. The van der Waals surface area contributed by atoms with Gasteiger partial charge in [-0.1, -0.05) is 6.92 Å². The summed E-state index contributed by atoms with van der Waals surface area (Å²) in [7, 11) is 1.76. The number of nitrogens with zero attached hydrogens (tertiary/aromatic N) is 2. The van der Waals surface area contributed by atoms with E-state index < -0.39 is 6.04 Å². The normalized spacial score (nSPS) is 12.5. The maximum atomic E-state index is 11.7. The molecule has 1 aromatic rings. The van der Waals surface area contributed by atoms with Gasteiger partial charge < -0.3 is 10.6 Å². The number of hydrogen-bond donors (Lipinski definition) is 1.